The maximum Gasteiger partial charge on any atom is 0.234 e. The number of rotatable bonds is 4. The van der Waals surface area contributed by atoms with Gasteiger partial charge in [0, 0.05) is 4.47 Å². The Labute approximate surface area is 122 Å². The Kier molecular flexibility index (Phi) is 4.81. The molecule has 0 saturated carbocycles. The fourth-order valence-corrected chi connectivity index (χ4v) is 3.82. The second kappa shape index (κ2) is 6.19. The van der Waals surface area contributed by atoms with Crippen molar-refractivity contribution in [1.82, 2.24) is 10.3 Å². The summed E-state index contributed by atoms with van der Waals surface area (Å²) in [5, 5.41) is 3.22. The first kappa shape index (κ1) is 14.7. The smallest absolute Gasteiger partial charge is 0.234 e. The van der Waals surface area contributed by atoms with E-state index in [1.54, 1.807) is 12.1 Å². The minimum absolute atomic E-state index is 0.150. The summed E-state index contributed by atoms with van der Waals surface area (Å²) in [6.45, 7) is 3.58. The van der Waals surface area contributed by atoms with E-state index in [0.29, 0.717) is 5.82 Å². The van der Waals surface area contributed by atoms with Gasteiger partial charge in [0.05, 0.1) is 11.4 Å². The molecule has 1 fully saturated rings. The van der Waals surface area contributed by atoms with Gasteiger partial charge in [0.1, 0.15) is 5.82 Å². The van der Waals surface area contributed by atoms with E-state index in [2.05, 4.69) is 31.0 Å². The number of nitrogens with one attached hydrogen (secondary N) is 2. The van der Waals surface area contributed by atoms with E-state index in [1.165, 1.54) is 0 Å². The Morgan fingerprint density at radius 1 is 1.53 bits per heavy atom. The van der Waals surface area contributed by atoms with Crippen LogP contribution in [-0.2, 0) is 10.0 Å². The first-order valence-corrected chi connectivity index (χ1v) is 8.75. The predicted octanol–water partition coefficient (Wildman–Crippen LogP) is 1.89. The molecule has 1 aliphatic rings. The van der Waals surface area contributed by atoms with Gasteiger partial charge in [-0.25, -0.2) is 13.4 Å². The Bertz CT molecular complexity index is 542. The van der Waals surface area contributed by atoms with E-state index in [0.717, 1.165) is 36.1 Å². The van der Waals surface area contributed by atoms with Crippen molar-refractivity contribution >= 4 is 31.8 Å². The summed E-state index contributed by atoms with van der Waals surface area (Å²) in [4.78, 5) is 4.20. The number of pyridine rings is 1. The second-order valence-electron chi connectivity index (χ2n) is 4.86. The summed E-state index contributed by atoms with van der Waals surface area (Å²) in [5.74, 6) is 0.712. The van der Waals surface area contributed by atoms with Crippen molar-refractivity contribution in [2.24, 2.45) is 5.92 Å². The molecule has 1 aromatic heterocycles. The van der Waals surface area contributed by atoms with E-state index in [9.17, 15) is 8.42 Å². The molecule has 1 atom stereocenters. The summed E-state index contributed by atoms with van der Waals surface area (Å²) in [6, 6.07) is 3.45. The van der Waals surface area contributed by atoms with E-state index in [-0.39, 0.29) is 11.7 Å². The average Bonchev–Trinajstić information content (AvgIpc) is 2.34. The van der Waals surface area contributed by atoms with Crippen molar-refractivity contribution < 1.29 is 8.42 Å². The Balaban J connectivity index is 2.01. The number of anilines is 1. The molecular weight excluding hydrogens is 330 g/mol. The number of aryl methyl sites for hydroxylation is 1. The largest absolute Gasteiger partial charge is 0.316 e. The number of halogens is 1. The maximum absolute atomic E-state index is 12.1. The maximum atomic E-state index is 12.1. The first-order chi connectivity index (χ1) is 8.96. The molecule has 1 aromatic rings. The van der Waals surface area contributed by atoms with Gasteiger partial charge in [-0.05, 0) is 66.8 Å². The van der Waals surface area contributed by atoms with Gasteiger partial charge in [0.15, 0.2) is 0 Å². The van der Waals surface area contributed by atoms with Crippen LogP contribution >= 0.6 is 15.9 Å². The van der Waals surface area contributed by atoms with Crippen molar-refractivity contribution in [3.63, 3.8) is 0 Å². The van der Waals surface area contributed by atoms with Gasteiger partial charge in [-0.15, -0.1) is 0 Å². The van der Waals surface area contributed by atoms with Gasteiger partial charge < -0.3 is 5.32 Å². The molecule has 2 N–H and O–H groups in total. The van der Waals surface area contributed by atoms with Gasteiger partial charge in [-0.2, -0.15) is 0 Å². The summed E-state index contributed by atoms with van der Waals surface area (Å²) >= 11 is 3.34. The quantitative estimate of drug-likeness (QED) is 0.872. The van der Waals surface area contributed by atoms with Gasteiger partial charge in [-0.3, -0.25) is 4.72 Å². The Hall–Kier alpha value is -0.660. The SMILES string of the molecule is Cc1nc(NS(=O)(=O)CC2CCCNC2)ccc1Br. The van der Waals surface area contributed by atoms with Crippen LogP contribution in [0.5, 0.6) is 0 Å². The third-order valence-electron chi connectivity index (χ3n) is 3.14. The van der Waals surface area contributed by atoms with E-state index >= 15 is 0 Å². The van der Waals surface area contributed by atoms with Crippen LogP contribution in [-0.4, -0.2) is 32.2 Å². The van der Waals surface area contributed by atoms with Crippen LogP contribution in [0.3, 0.4) is 0 Å². The molecule has 0 aliphatic carbocycles. The Morgan fingerprint density at radius 2 is 2.32 bits per heavy atom. The molecule has 106 valence electrons. The van der Waals surface area contributed by atoms with Crippen LogP contribution in [0.25, 0.3) is 0 Å². The number of hydrogen-bond acceptors (Lipinski definition) is 4. The second-order valence-corrected chi connectivity index (χ2v) is 7.48. The van der Waals surface area contributed by atoms with Crippen LogP contribution in [0.2, 0.25) is 0 Å². The monoisotopic (exact) mass is 347 g/mol. The highest BCUT2D eigenvalue weighted by Gasteiger charge is 2.21. The molecule has 19 heavy (non-hydrogen) atoms. The van der Waals surface area contributed by atoms with Crippen LogP contribution in [0, 0.1) is 12.8 Å². The number of hydrogen-bond donors (Lipinski definition) is 2. The van der Waals surface area contributed by atoms with Crippen LogP contribution in [0.15, 0.2) is 16.6 Å². The third kappa shape index (κ3) is 4.43. The zero-order valence-corrected chi connectivity index (χ0v) is 13.2. The topological polar surface area (TPSA) is 71.1 Å². The van der Waals surface area contributed by atoms with E-state index < -0.39 is 10.0 Å². The summed E-state index contributed by atoms with van der Waals surface area (Å²) in [5.41, 5.74) is 0.763. The molecule has 7 heteroatoms. The molecule has 0 spiro atoms. The zero-order chi connectivity index (χ0) is 13.9. The number of sulfonamides is 1. The van der Waals surface area contributed by atoms with Crippen molar-refractivity contribution in [1.29, 1.82) is 0 Å². The van der Waals surface area contributed by atoms with Crippen molar-refractivity contribution in [3.05, 3.63) is 22.3 Å². The molecule has 0 bridgehead atoms. The van der Waals surface area contributed by atoms with E-state index in [4.69, 9.17) is 0 Å². The molecule has 2 rings (SSSR count). The molecular formula is C12H18BrN3O2S. The number of piperidine rings is 1. The fourth-order valence-electron chi connectivity index (χ4n) is 2.18. The molecule has 0 amide bonds. The molecule has 1 saturated heterocycles. The highest BCUT2D eigenvalue weighted by Crippen LogP contribution is 2.18. The zero-order valence-electron chi connectivity index (χ0n) is 10.8. The van der Waals surface area contributed by atoms with Gasteiger partial charge in [0.2, 0.25) is 10.0 Å². The lowest BCUT2D eigenvalue weighted by molar-refractivity contribution is 0.404. The molecule has 2 heterocycles. The van der Waals surface area contributed by atoms with Crippen LogP contribution in [0.1, 0.15) is 18.5 Å². The lowest BCUT2D eigenvalue weighted by Crippen LogP contribution is -2.35. The van der Waals surface area contributed by atoms with Gasteiger partial charge >= 0.3 is 0 Å². The normalized spacial score (nSPS) is 20.2. The minimum Gasteiger partial charge on any atom is -0.316 e. The fraction of sp³-hybridized carbons (Fsp3) is 0.583. The van der Waals surface area contributed by atoms with Crippen LogP contribution < -0.4 is 10.0 Å². The number of aromatic nitrogens is 1. The summed E-state index contributed by atoms with van der Waals surface area (Å²) < 4.78 is 27.6. The van der Waals surface area contributed by atoms with Crippen molar-refractivity contribution in [2.75, 3.05) is 23.6 Å². The highest BCUT2D eigenvalue weighted by atomic mass is 79.9. The first-order valence-electron chi connectivity index (χ1n) is 6.30. The predicted molar refractivity (Wildman–Crippen MR) is 79.7 cm³/mol. The minimum atomic E-state index is -3.33. The highest BCUT2D eigenvalue weighted by molar-refractivity contribution is 9.10. The third-order valence-corrected chi connectivity index (χ3v) is 5.40. The van der Waals surface area contributed by atoms with Gasteiger partial charge in [0.25, 0.3) is 0 Å². The van der Waals surface area contributed by atoms with Crippen LogP contribution in [0.4, 0.5) is 5.82 Å². The standard InChI is InChI=1S/C12H18BrN3O2S/c1-9-11(13)4-5-12(15-9)16-19(17,18)8-10-3-2-6-14-7-10/h4-5,10,14H,2-3,6-8H2,1H3,(H,15,16). The molecule has 0 radical (unpaired) electrons. The van der Waals surface area contributed by atoms with E-state index in [1.807, 2.05) is 6.92 Å². The Morgan fingerprint density at radius 3 is 2.95 bits per heavy atom. The number of nitrogens with zero attached hydrogens (tertiary/aromatic N) is 1. The molecule has 1 aliphatic heterocycles. The van der Waals surface area contributed by atoms with Crippen molar-refractivity contribution in [2.45, 2.75) is 19.8 Å². The molecule has 0 aromatic carbocycles. The van der Waals surface area contributed by atoms with Gasteiger partial charge in [-0.1, -0.05) is 0 Å². The average molecular weight is 348 g/mol. The summed E-state index contributed by atoms with van der Waals surface area (Å²) in [7, 11) is -3.33. The summed E-state index contributed by atoms with van der Waals surface area (Å²) in [6.07, 6.45) is 2.00. The lowest BCUT2D eigenvalue weighted by atomic mass is 10.0. The lowest BCUT2D eigenvalue weighted by Gasteiger charge is -2.22. The molecule has 1 unspecified atom stereocenters. The molecule has 5 nitrogen and oxygen atoms in total. The van der Waals surface area contributed by atoms with Crippen molar-refractivity contribution in [3.8, 4) is 0 Å².